The number of hydrogen-bond acceptors (Lipinski definition) is 5. The fourth-order valence-electron chi connectivity index (χ4n) is 2.47. The third-order valence-electron chi connectivity index (χ3n) is 3.58. The molecule has 0 bridgehead atoms. The number of para-hydroxylation sites is 1. The predicted molar refractivity (Wildman–Crippen MR) is 77.2 cm³/mol. The summed E-state index contributed by atoms with van der Waals surface area (Å²) in [7, 11) is 0. The molecule has 2 aromatic rings. The number of hydrogen-bond donors (Lipinski definition) is 1. The molecule has 1 aromatic heterocycles. The van der Waals surface area contributed by atoms with E-state index in [4.69, 9.17) is 5.73 Å². The van der Waals surface area contributed by atoms with Crippen molar-refractivity contribution in [2.24, 2.45) is 5.73 Å². The van der Waals surface area contributed by atoms with Crippen LogP contribution in [0.5, 0.6) is 0 Å². The van der Waals surface area contributed by atoms with E-state index in [1.807, 2.05) is 30.5 Å². The second-order valence-electron chi connectivity index (χ2n) is 4.85. The monoisotopic (exact) mass is 257 g/mol. The summed E-state index contributed by atoms with van der Waals surface area (Å²) in [4.78, 5) is 13.8. The molecule has 0 atom stereocenters. The van der Waals surface area contributed by atoms with Crippen molar-refractivity contribution in [3.05, 3.63) is 30.5 Å². The van der Waals surface area contributed by atoms with Crippen LogP contribution in [0.4, 0.5) is 5.95 Å². The highest BCUT2D eigenvalue weighted by atomic mass is 15.3. The maximum Gasteiger partial charge on any atom is 0.225 e. The summed E-state index contributed by atoms with van der Waals surface area (Å²) >= 11 is 0. The van der Waals surface area contributed by atoms with Crippen LogP contribution >= 0.6 is 0 Å². The molecule has 0 saturated carbocycles. The van der Waals surface area contributed by atoms with Crippen LogP contribution in [0.15, 0.2) is 30.5 Å². The summed E-state index contributed by atoms with van der Waals surface area (Å²) < 4.78 is 0. The van der Waals surface area contributed by atoms with Gasteiger partial charge in [0.05, 0.1) is 5.52 Å². The predicted octanol–water partition coefficient (Wildman–Crippen LogP) is 0.710. The van der Waals surface area contributed by atoms with Crippen molar-refractivity contribution in [3.63, 3.8) is 0 Å². The SMILES string of the molecule is NCCN1CCN(c2ncc3ccccc3n2)CC1. The first-order valence-corrected chi connectivity index (χ1v) is 6.76. The lowest BCUT2D eigenvalue weighted by Gasteiger charge is -2.34. The van der Waals surface area contributed by atoms with Crippen LogP contribution in [0.2, 0.25) is 0 Å². The molecular formula is C14H19N5. The van der Waals surface area contributed by atoms with Crippen molar-refractivity contribution in [1.29, 1.82) is 0 Å². The van der Waals surface area contributed by atoms with Gasteiger partial charge in [0.25, 0.3) is 0 Å². The molecule has 100 valence electrons. The normalized spacial score (nSPS) is 17.0. The average Bonchev–Trinajstić information content (AvgIpc) is 2.48. The summed E-state index contributed by atoms with van der Waals surface area (Å²) in [6.45, 7) is 5.72. The second-order valence-corrected chi connectivity index (χ2v) is 4.85. The van der Waals surface area contributed by atoms with Crippen LogP contribution in [-0.2, 0) is 0 Å². The Hall–Kier alpha value is -1.72. The van der Waals surface area contributed by atoms with E-state index in [9.17, 15) is 0 Å². The topological polar surface area (TPSA) is 58.3 Å². The highest BCUT2D eigenvalue weighted by Crippen LogP contribution is 2.16. The van der Waals surface area contributed by atoms with E-state index in [1.54, 1.807) is 0 Å². The summed E-state index contributed by atoms with van der Waals surface area (Å²) in [5.41, 5.74) is 6.60. The fourth-order valence-corrected chi connectivity index (χ4v) is 2.47. The van der Waals surface area contributed by atoms with Gasteiger partial charge >= 0.3 is 0 Å². The summed E-state index contributed by atoms with van der Waals surface area (Å²) in [6.07, 6.45) is 1.91. The second kappa shape index (κ2) is 5.50. The number of anilines is 1. The van der Waals surface area contributed by atoms with Crippen molar-refractivity contribution in [2.45, 2.75) is 0 Å². The molecule has 0 amide bonds. The molecule has 1 aliphatic heterocycles. The zero-order valence-corrected chi connectivity index (χ0v) is 11.0. The quantitative estimate of drug-likeness (QED) is 0.877. The van der Waals surface area contributed by atoms with Crippen LogP contribution in [0.3, 0.4) is 0 Å². The number of rotatable bonds is 3. The third kappa shape index (κ3) is 2.67. The lowest BCUT2D eigenvalue weighted by molar-refractivity contribution is 0.263. The van der Waals surface area contributed by atoms with Gasteiger partial charge in [0, 0.05) is 50.9 Å². The first kappa shape index (κ1) is 12.3. The Balaban J connectivity index is 1.74. The maximum absolute atomic E-state index is 5.59. The van der Waals surface area contributed by atoms with Crippen LogP contribution in [0, 0.1) is 0 Å². The van der Waals surface area contributed by atoms with E-state index in [-0.39, 0.29) is 0 Å². The Morgan fingerprint density at radius 3 is 2.68 bits per heavy atom. The number of aromatic nitrogens is 2. The molecule has 5 nitrogen and oxygen atoms in total. The molecule has 1 saturated heterocycles. The van der Waals surface area contributed by atoms with Crippen molar-refractivity contribution < 1.29 is 0 Å². The lowest BCUT2D eigenvalue weighted by atomic mass is 10.2. The minimum absolute atomic E-state index is 0.729. The zero-order chi connectivity index (χ0) is 13.1. The number of nitrogens with two attached hydrogens (primary N) is 1. The van der Waals surface area contributed by atoms with Gasteiger partial charge in [-0.25, -0.2) is 9.97 Å². The largest absolute Gasteiger partial charge is 0.338 e. The molecule has 2 N–H and O–H groups in total. The standard InChI is InChI=1S/C14H19N5/c15-5-6-18-7-9-19(10-8-18)14-16-11-12-3-1-2-4-13(12)17-14/h1-4,11H,5-10,15H2. The molecule has 1 aliphatic rings. The Bertz CT molecular complexity index is 548. The first-order chi connectivity index (χ1) is 9.36. The molecule has 0 spiro atoms. The lowest BCUT2D eigenvalue weighted by Crippen LogP contribution is -2.48. The van der Waals surface area contributed by atoms with E-state index in [0.717, 1.165) is 56.1 Å². The molecular weight excluding hydrogens is 238 g/mol. The van der Waals surface area contributed by atoms with E-state index in [1.165, 1.54) is 0 Å². The Morgan fingerprint density at radius 1 is 1.11 bits per heavy atom. The Morgan fingerprint density at radius 2 is 1.89 bits per heavy atom. The first-order valence-electron chi connectivity index (χ1n) is 6.76. The van der Waals surface area contributed by atoms with Crippen LogP contribution in [-0.4, -0.2) is 54.1 Å². The molecule has 2 heterocycles. The fraction of sp³-hybridized carbons (Fsp3) is 0.429. The summed E-state index contributed by atoms with van der Waals surface area (Å²) in [6, 6.07) is 8.10. The highest BCUT2D eigenvalue weighted by molar-refractivity contribution is 5.78. The van der Waals surface area contributed by atoms with Gasteiger partial charge in [-0.05, 0) is 6.07 Å². The van der Waals surface area contributed by atoms with E-state index >= 15 is 0 Å². The van der Waals surface area contributed by atoms with Crippen LogP contribution in [0.1, 0.15) is 0 Å². The van der Waals surface area contributed by atoms with Gasteiger partial charge in [-0.3, -0.25) is 4.90 Å². The molecule has 3 rings (SSSR count). The zero-order valence-electron chi connectivity index (χ0n) is 11.0. The maximum atomic E-state index is 5.59. The molecule has 0 aliphatic carbocycles. The Labute approximate surface area is 113 Å². The minimum atomic E-state index is 0.729. The van der Waals surface area contributed by atoms with E-state index in [0.29, 0.717) is 0 Å². The van der Waals surface area contributed by atoms with E-state index < -0.39 is 0 Å². The number of benzene rings is 1. The molecule has 0 unspecified atom stereocenters. The van der Waals surface area contributed by atoms with E-state index in [2.05, 4.69) is 19.8 Å². The van der Waals surface area contributed by atoms with Crippen molar-refractivity contribution in [2.75, 3.05) is 44.2 Å². The summed E-state index contributed by atoms with van der Waals surface area (Å²) in [5.74, 6) is 0.839. The average molecular weight is 257 g/mol. The smallest absolute Gasteiger partial charge is 0.225 e. The molecule has 1 aromatic carbocycles. The van der Waals surface area contributed by atoms with Crippen LogP contribution < -0.4 is 10.6 Å². The van der Waals surface area contributed by atoms with Gasteiger partial charge < -0.3 is 10.6 Å². The number of piperazine rings is 1. The van der Waals surface area contributed by atoms with Gasteiger partial charge in [-0.15, -0.1) is 0 Å². The van der Waals surface area contributed by atoms with Gasteiger partial charge in [0.15, 0.2) is 0 Å². The van der Waals surface area contributed by atoms with Crippen molar-refractivity contribution in [1.82, 2.24) is 14.9 Å². The van der Waals surface area contributed by atoms with Crippen molar-refractivity contribution in [3.8, 4) is 0 Å². The van der Waals surface area contributed by atoms with Crippen LogP contribution in [0.25, 0.3) is 10.9 Å². The summed E-state index contributed by atoms with van der Waals surface area (Å²) in [5, 5.41) is 1.09. The molecule has 1 fully saturated rings. The van der Waals surface area contributed by atoms with Gasteiger partial charge in [-0.2, -0.15) is 0 Å². The van der Waals surface area contributed by atoms with Gasteiger partial charge in [-0.1, -0.05) is 18.2 Å². The highest BCUT2D eigenvalue weighted by Gasteiger charge is 2.18. The molecule has 5 heteroatoms. The molecule has 19 heavy (non-hydrogen) atoms. The number of nitrogens with zero attached hydrogens (tertiary/aromatic N) is 4. The Kier molecular flexibility index (Phi) is 3.57. The van der Waals surface area contributed by atoms with Gasteiger partial charge in [0.2, 0.25) is 5.95 Å². The van der Waals surface area contributed by atoms with Crippen molar-refractivity contribution >= 4 is 16.9 Å². The third-order valence-corrected chi connectivity index (χ3v) is 3.58. The molecule has 0 radical (unpaired) electrons. The number of fused-ring (bicyclic) bond motifs is 1. The van der Waals surface area contributed by atoms with Gasteiger partial charge in [0.1, 0.15) is 0 Å². The minimum Gasteiger partial charge on any atom is -0.338 e.